The number of ketones is 1. The number of allylic oxidation sites excluding steroid dienone is 1. The lowest BCUT2D eigenvalue weighted by atomic mass is 9.82. The van der Waals surface area contributed by atoms with E-state index in [4.69, 9.17) is 0 Å². The number of benzene rings is 3. The number of amides is 1. The summed E-state index contributed by atoms with van der Waals surface area (Å²) < 4.78 is 3.49. The summed E-state index contributed by atoms with van der Waals surface area (Å²) in [4.78, 5) is 27.6. The zero-order chi connectivity index (χ0) is 25.9. The maximum absolute atomic E-state index is 14.1. The van der Waals surface area contributed by atoms with Crippen LogP contribution >= 0.6 is 11.3 Å². The van der Waals surface area contributed by atoms with Gasteiger partial charge in [-0.3, -0.25) is 4.79 Å². The molecule has 4 nitrogen and oxygen atoms in total. The Balaban J connectivity index is 1.62. The van der Waals surface area contributed by atoms with Crippen LogP contribution in [0.3, 0.4) is 0 Å². The molecule has 1 aliphatic rings. The van der Waals surface area contributed by atoms with Crippen molar-refractivity contribution >= 4 is 50.5 Å². The Bertz CT molecular complexity index is 1500. The minimum Gasteiger partial charge on any atom is -0.295 e. The summed E-state index contributed by atoms with van der Waals surface area (Å²) in [6, 6.07) is 26.5. The molecule has 0 saturated heterocycles. The molecule has 186 valence electrons. The van der Waals surface area contributed by atoms with Crippen LogP contribution in [-0.2, 0) is 16.1 Å². The largest absolute Gasteiger partial charge is 0.345 e. The van der Waals surface area contributed by atoms with Gasteiger partial charge >= 0.3 is 11.0 Å². The molecule has 37 heavy (non-hydrogen) atoms. The van der Waals surface area contributed by atoms with E-state index in [1.807, 2.05) is 41.3 Å². The number of fused-ring (bicyclic) bond motifs is 3. The lowest BCUT2D eigenvalue weighted by molar-refractivity contribution is -0.669. The molecule has 4 aromatic rings. The molecule has 0 N–H and O–H groups in total. The molecule has 0 saturated carbocycles. The standard InChI is InChI=1S/C32H31N2O2S/c1-22(2)27-21-33-28-15-9-10-16-29(28)37-32(33)34(31(27)26-13-5-4-6-14-26)30(36)20-19-25-12-8-7-11-24(25)18-17-23(3)35/h4-20,22,27,31H,21H2,1-3H3/q+1/b18-17+,20-19+/t27-,31+/m0/s1. The van der Waals surface area contributed by atoms with E-state index in [1.54, 1.807) is 29.6 Å². The topological polar surface area (TPSA) is 41.3 Å². The summed E-state index contributed by atoms with van der Waals surface area (Å²) in [5.41, 5.74) is 4.11. The molecule has 0 fully saturated rings. The molecule has 0 bridgehead atoms. The van der Waals surface area contributed by atoms with Crippen molar-refractivity contribution in [3.8, 4) is 0 Å². The predicted octanol–water partition coefficient (Wildman–Crippen LogP) is 6.86. The highest BCUT2D eigenvalue weighted by Crippen LogP contribution is 2.43. The average molecular weight is 508 g/mol. The van der Waals surface area contributed by atoms with Crippen LogP contribution < -0.4 is 9.47 Å². The normalized spacial score (nSPS) is 17.7. The molecular weight excluding hydrogens is 476 g/mol. The van der Waals surface area contributed by atoms with Gasteiger partial charge in [0.05, 0.1) is 11.2 Å². The Morgan fingerprint density at radius 2 is 1.51 bits per heavy atom. The van der Waals surface area contributed by atoms with Gasteiger partial charge in [0.1, 0.15) is 11.6 Å². The summed E-state index contributed by atoms with van der Waals surface area (Å²) in [6.07, 6.45) is 6.89. The van der Waals surface area contributed by atoms with E-state index in [-0.39, 0.29) is 23.7 Å². The zero-order valence-electron chi connectivity index (χ0n) is 21.4. The maximum atomic E-state index is 14.1. The van der Waals surface area contributed by atoms with Crippen molar-refractivity contribution in [1.82, 2.24) is 0 Å². The van der Waals surface area contributed by atoms with Crippen LogP contribution in [0.25, 0.3) is 22.4 Å². The van der Waals surface area contributed by atoms with E-state index >= 15 is 0 Å². The van der Waals surface area contributed by atoms with Crippen LogP contribution in [0.15, 0.2) is 91.0 Å². The number of aromatic nitrogens is 1. The summed E-state index contributed by atoms with van der Waals surface area (Å²) in [6.45, 7) is 6.89. The van der Waals surface area contributed by atoms with Crippen molar-refractivity contribution in [3.63, 3.8) is 0 Å². The van der Waals surface area contributed by atoms with Gasteiger partial charge in [-0.1, -0.05) is 86.7 Å². The average Bonchev–Trinajstić information content (AvgIpc) is 3.28. The van der Waals surface area contributed by atoms with Gasteiger partial charge in [0, 0.05) is 12.0 Å². The SMILES string of the molecule is CC(=O)/C=C/c1ccccc1/C=C/C(=O)N1c2sc3ccccc3[n+]2C[C@@H](C(C)C)[C@H]1c1ccccc1. The number of nitrogens with zero attached hydrogens (tertiary/aromatic N) is 2. The second-order valence-corrected chi connectivity index (χ2v) is 10.8. The predicted molar refractivity (Wildman–Crippen MR) is 152 cm³/mol. The fourth-order valence-electron chi connectivity index (χ4n) is 5.12. The molecule has 3 aromatic carbocycles. The first kappa shape index (κ1) is 24.8. The molecule has 5 heteroatoms. The zero-order valence-corrected chi connectivity index (χ0v) is 22.2. The van der Waals surface area contributed by atoms with Crippen LogP contribution in [0.4, 0.5) is 5.13 Å². The number of carbonyl (C=O) groups excluding carboxylic acids is 2. The minimum atomic E-state index is -0.0701. The Morgan fingerprint density at radius 3 is 2.19 bits per heavy atom. The van der Waals surface area contributed by atoms with Gasteiger partial charge in [-0.2, -0.15) is 4.90 Å². The van der Waals surface area contributed by atoms with Gasteiger partial charge < -0.3 is 0 Å². The Labute approximate surface area is 222 Å². The Morgan fingerprint density at radius 1 is 0.892 bits per heavy atom. The molecule has 5 rings (SSSR count). The number of para-hydroxylation sites is 1. The first-order chi connectivity index (χ1) is 17.9. The summed E-state index contributed by atoms with van der Waals surface area (Å²) in [5.74, 6) is 0.565. The van der Waals surface area contributed by atoms with Crippen molar-refractivity contribution in [3.05, 3.63) is 108 Å². The van der Waals surface area contributed by atoms with Crippen molar-refractivity contribution in [1.29, 1.82) is 0 Å². The fourth-order valence-corrected chi connectivity index (χ4v) is 6.33. The van der Waals surface area contributed by atoms with Crippen LogP contribution in [0, 0.1) is 11.8 Å². The molecule has 0 radical (unpaired) electrons. The maximum Gasteiger partial charge on any atom is 0.345 e. The highest BCUT2D eigenvalue weighted by Gasteiger charge is 2.48. The van der Waals surface area contributed by atoms with E-state index in [1.165, 1.54) is 17.1 Å². The summed E-state index contributed by atoms with van der Waals surface area (Å²) in [7, 11) is 0. The first-order valence-electron chi connectivity index (χ1n) is 12.7. The van der Waals surface area contributed by atoms with Crippen LogP contribution in [-0.4, -0.2) is 11.7 Å². The second kappa shape index (κ2) is 10.7. The van der Waals surface area contributed by atoms with E-state index in [9.17, 15) is 9.59 Å². The lowest BCUT2D eigenvalue weighted by Crippen LogP contribution is -2.55. The second-order valence-electron chi connectivity index (χ2n) is 9.84. The van der Waals surface area contributed by atoms with E-state index < -0.39 is 0 Å². The van der Waals surface area contributed by atoms with Crippen LogP contribution in [0.1, 0.15) is 43.5 Å². The molecule has 0 aliphatic carbocycles. The van der Waals surface area contributed by atoms with Crippen molar-refractivity contribution in [2.75, 3.05) is 4.90 Å². The van der Waals surface area contributed by atoms with E-state index in [0.717, 1.165) is 28.4 Å². The number of carbonyl (C=O) groups is 2. The number of hydrogen-bond donors (Lipinski definition) is 0. The molecule has 1 aromatic heterocycles. The molecular formula is C32H31N2O2S+. The molecule has 1 aliphatic heterocycles. The number of rotatable bonds is 6. The number of thiazole rings is 1. The third-order valence-corrected chi connectivity index (χ3v) is 8.17. The van der Waals surface area contributed by atoms with Gasteiger partial charge in [-0.05, 0) is 65.2 Å². The Kier molecular flexibility index (Phi) is 7.15. The fraction of sp³-hybridized carbons (Fsp3) is 0.219. The van der Waals surface area contributed by atoms with Gasteiger partial charge in [0.25, 0.3) is 0 Å². The van der Waals surface area contributed by atoms with Gasteiger partial charge in [-0.25, -0.2) is 9.36 Å². The molecule has 0 spiro atoms. The molecule has 1 amide bonds. The van der Waals surface area contributed by atoms with Gasteiger partial charge in [0.15, 0.2) is 5.78 Å². The Hall–Kier alpha value is -3.83. The minimum absolute atomic E-state index is 0.0112. The monoisotopic (exact) mass is 507 g/mol. The molecule has 0 unspecified atom stereocenters. The first-order valence-corrected chi connectivity index (χ1v) is 13.5. The van der Waals surface area contributed by atoms with Crippen LogP contribution in [0.5, 0.6) is 0 Å². The third-order valence-electron chi connectivity index (χ3n) is 7.01. The third kappa shape index (κ3) is 5.05. The molecule has 2 atom stereocenters. The highest BCUT2D eigenvalue weighted by atomic mass is 32.1. The highest BCUT2D eigenvalue weighted by molar-refractivity contribution is 7.21. The van der Waals surface area contributed by atoms with Gasteiger partial charge in [-0.15, -0.1) is 0 Å². The van der Waals surface area contributed by atoms with Crippen molar-refractivity contribution in [2.45, 2.75) is 33.4 Å². The van der Waals surface area contributed by atoms with Crippen LogP contribution in [0.2, 0.25) is 0 Å². The summed E-state index contributed by atoms with van der Waals surface area (Å²) in [5, 5.41) is 0.964. The molecule has 2 heterocycles. The van der Waals surface area contributed by atoms with Crippen molar-refractivity contribution in [2.24, 2.45) is 11.8 Å². The van der Waals surface area contributed by atoms with E-state index in [0.29, 0.717) is 5.92 Å². The smallest absolute Gasteiger partial charge is 0.295 e. The number of anilines is 1. The number of hydrogen-bond acceptors (Lipinski definition) is 3. The quantitative estimate of drug-likeness (QED) is 0.211. The van der Waals surface area contributed by atoms with Gasteiger partial charge in [0.2, 0.25) is 0 Å². The summed E-state index contributed by atoms with van der Waals surface area (Å²) >= 11 is 1.67. The van der Waals surface area contributed by atoms with Crippen molar-refractivity contribution < 1.29 is 14.2 Å². The van der Waals surface area contributed by atoms with E-state index in [2.05, 4.69) is 66.9 Å². The lowest BCUT2D eigenvalue weighted by Gasteiger charge is -2.36.